The van der Waals surface area contributed by atoms with Gasteiger partial charge >= 0.3 is 6.01 Å². The molecule has 0 fully saturated rings. The molecule has 14 heavy (non-hydrogen) atoms. The van der Waals surface area contributed by atoms with E-state index in [-0.39, 0.29) is 16.3 Å². The third kappa shape index (κ3) is 2.00. The van der Waals surface area contributed by atoms with Gasteiger partial charge in [0.05, 0.1) is 0 Å². The Labute approximate surface area is 90.6 Å². The van der Waals surface area contributed by atoms with E-state index >= 15 is 0 Å². The minimum atomic E-state index is 0.206. The maximum absolute atomic E-state index is 5.67. The maximum Gasteiger partial charge on any atom is 0.301 e. The first-order chi connectivity index (χ1) is 6.75. The maximum atomic E-state index is 5.67. The Hall–Kier alpha value is -1.19. The highest BCUT2D eigenvalue weighted by Gasteiger charge is 2.06. The van der Waals surface area contributed by atoms with Gasteiger partial charge < -0.3 is 4.74 Å². The molecule has 0 saturated carbocycles. The summed E-state index contributed by atoms with van der Waals surface area (Å²) in [7, 11) is 0. The van der Waals surface area contributed by atoms with Crippen LogP contribution in [0.15, 0.2) is 30.3 Å². The topological polar surface area (TPSA) is 37.9 Å². The zero-order valence-electron chi connectivity index (χ0n) is 7.00. The fourth-order valence-electron chi connectivity index (χ4n) is 0.960. The van der Waals surface area contributed by atoms with Gasteiger partial charge in [0.25, 0.3) is 0 Å². The van der Waals surface area contributed by atoms with E-state index in [4.69, 9.17) is 27.9 Å². The quantitative estimate of drug-likeness (QED) is 0.855. The number of hydrogen-bond acceptors (Lipinski definition) is 2. The van der Waals surface area contributed by atoms with Crippen molar-refractivity contribution in [1.29, 1.82) is 0 Å². The third-order valence-electron chi connectivity index (χ3n) is 1.56. The minimum Gasteiger partial charge on any atom is -0.426 e. The Kier molecular flexibility index (Phi) is 2.61. The zero-order chi connectivity index (χ0) is 9.97. The molecule has 0 aliphatic carbocycles. The lowest BCUT2D eigenvalue weighted by Crippen LogP contribution is -1.84. The lowest BCUT2D eigenvalue weighted by atomic mass is 10.3. The van der Waals surface area contributed by atoms with Gasteiger partial charge in [-0.2, -0.15) is 4.98 Å². The summed E-state index contributed by atoms with van der Waals surface area (Å²) in [5.74, 6) is 0.676. The van der Waals surface area contributed by atoms with Crippen molar-refractivity contribution in [1.82, 2.24) is 9.97 Å². The predicted molar refractivity (Wildman–Crippen MR) is 55.1 cm³/mol. The summed E-state index contributed by atoms with van der Waals surface area (Å²) >= 11 is 11.3. The highest BCUT2D eigenvalue weighted by atomic mass is 35.5. The molecule has 0 aliphatic rings. The molecule has 1 N–H and O–H groups in total. The standard InChI is InChI=1S/C9H6Cl2N2O/c10-7-8(11)13-9(12-7)14-6-4-2-1-3-5-6/h1-5H,(H,12,13). The third-order valence-corrected chi connectivity index (χ3v) is 2.20. The number of aromatic nitrogens is 2. The number of rotatable bonds is 2. The van der Waals surface area contributed by atoms with Crippen LogP contribution >= 0.6 is 23.2 Å². The molecular weight excluding hydrogens is 223 g/mol. The van der Waals surface area contributed by atoms with Crippen molar-refractivity contribution in [2.24, 2.45) is 0 Å². The number of H-pyrrole nitrogens is 1. The van der Waals surface area contributed by atoms with Gasteiger partial charge in [0.2, 0.25) is 0 Å². The molecular formula is C9H6Cl2N2O. The summed E-state index contributed by atoms with van der Waals surface area (Å²) in [6.45, 7) is 0. The molecule has 0 atom stereocenters. The Bertz CT molecular complexity index is 408. The molecule has 1 heterocycles. The molecule has 0 saturated heterocycles. The summed E-state index contributed by atoms with van der Waals surface area (Å²) in [6, 6.07) is 9.53. The molecule has 2 rings (SSSR count). The highest BCUT2D eigenvalue weighted by Crippen LogP contribution is 2.24. The number of imidazole rings is 1. The molecule has 0 unspecified atom stereocenters. The van der Waals surface area contributed by atoms with E-state index in [0.717, 1.165) is 0 Å². The van der Waals surface area contributed by atoms with Gasteiger partial charge in [0, 0.05) is 0 Å². The first kappa shape index (κ1) is 9.37. The van der Waals surface area contributed by atoms with Crippen molar-refractivity contribution in [3.63, 3.8) is 0 Å². The van der Waals surface area contributed by atoms with E-state index in [1.165, 1.54) is 0 Å². The molecule has 1 aromatic heterocycles. The van der Waals surface area contributed by atoms with Gasteiger partial charge in [-0.1, -0.05) is 41.4 Å². The molecule has 1 aromatic carbocycles. The van der Waals surface area contributed by atoms with Gasteiger partial charge in [0.1, 0.15) is 10.9 Å². The van der Waals surface area contributed by atoms with Crippen molar-refractivity contribution in [2.75, 3.05) is 0 Å². The van der Waals surface area contributed by atoms with Crippen LogP contribution in [0.2, 0.25) is 10.3 Å². The zero-order valence-corrected chi connectivity index (χ0v) is 8.51. The van der Waals surface area contributed by atoms with Gasteiger partial charge in [-0.05, 0) is 12.1 Å². The summed E-state index contributed by atoms with van der Waals surface area (Å²) in [5.41, 5.74) is 0. The number of nitrogens with zero attached hydrogens (tertiary/aromatic N) is 1. The number of hydrogen-bond donors (Lipinski definition) is 1. The van der Waals surface area contributed by atoms with Crippen LogP contribution < -0.4 is 4.74 Å². The number of aromatic amines is 1. The van der Waals surface area contributed by atoms with Crippen LogP contribution in [0.4, 0.5) is 0 Å². The number of ether oxygens (including phenoxy) is 1. The van der Waals surface area contributed by atoms with Crippen molar-refractivity contribution in [2.45, 2.75) is 0 Å². The predicted octanol–water partition coefficient (Wildman–Crippen LogP) is 3.51. The Morgan fingerprint density at radius 1 is 1.14 bits per heavy atom. The molecule has 0 spiro atoms. The average Bonchev–Trinajstić information content (AvgIpc) is 2.47. The van der Waals surface area contributed by atoms with Crippen molar-refractivity contribution in [3.8, 4) is 11.8 Å². The van der Waals surface area contributed by atoms with Crippen LogP contribution in [-0.2, 0) is 0 Å². The Morgan fingerprint density at radius 3 is 2.43 bits per heavy atom. The van der Waals surface area contributed by atoms with Gasteiger partial charge in [-0.15, -0.1) is 0 Å². The summed E-state index contributed by atoms with van der Waals surface area (Å²) < 4.78 is 5.34. The molecule has 3 nitrogen and oxygen atoms in total. The number of nitrogens with one attached hydrogen (secondary N) is 1. The van der Waals surface area contributed by atoms with E-state index in [1.807, 2.05) is 30.3 Å². The van der Waals surface area contributed by atoms with Crippen LogP contribution in [0.3, 0.4) is 0 Å². The summed E-state index contributed by atoms with van der Waals surface area (Å²) in [6.07, 6.45) is 0. The summed E-state index contributed by atoms with van der Waals surface area (Å²) in [5, 5.41) is 0.482. The molecule has 72 valence electrons. The number of benzene rings is 1. The SMILES string of the molecule is Clc1nc(Oc2ccccc2)[nH]c1Cl. The first-order valence-corrected chi connectivity index (χ1v) is 4.65. The second kappa shape index (κ2) is 3.90. The van der Waals surface area contributed by atoms with Crippen LogP contribution in [0.25, 0.3) is 0 Å². The number of para-hydroxylation sites is 1. The van der Waals surface area contributed by atoms with E-state index < -0.39 is 0 Å². The van der Waals surface area contributed by atoms with E-state index in [1.54, 1.807) is 0 Å². The largest absolute Gasteiger partial charge is 0.426 e. The normalized spacial score (nSPS) is 10.1. The smallest absolute Gasteiger partial charge is 0.301 e. The van der Waals surface area contributed by atoms with Gasteiger partial charge in [-0.3, -0.25) is 4.98 Å². The number of halogens is 2. The molecule has 0 amide bonds. The molecule has 2 aromatic rings. The summed E-state index contributed by atoms with van der Waals surface area (Å²) in [4.78, 5) is 6.55. The van der Waals surface area contributed by atoms with Crippen molar-refractivity contribution >= 4 is 23.2 Å². The second-order valence-electron chi connectivity index (χ2n) is 2.56. The Balaban J connectivity index is 2.19. The lowest BCUT2D eigenvalue weighted by Gasteiger charge is -1.99. The van der Waals surface area contributed by atoms with Crippen LogP contribution in [0.5, 0.6) is 11.8 Å². The average molecular weight is 229 g/mol. The van der Waals surface area contributed by atoms with E-state index in [2.05, 4.69) is 9.97 Å². The molecule has 5 heteroatoms. The van der Waals surface area contributed by atoms with Crippen molar-refractivity contribution in [3.05, 3.63) is 40.6 Å². The second-order valence-corrected chi connectivity index (χ2v) is 3.30. The van der Waals surface area contributed by atoms with Crippen molar-refractivity contribution < 1.29 is 4.74 Å². The van der Waals surface area contributed by atoms with Crippen LogP contribution in [0, 0.1) is 0 Å². The van der Waals surface area contributed by atoms with E-state index in [0.29, 0.717) is 5.75 Å². The van der Waals surface area contributed by atoms with Crippen LogP contribution in [0.1, 0.15) is 0 Å². The fourth-order valence-corrected chi connectivity index (χ4v) is 1.21. The fraction of sp³-hybridized carbons (Fsp3) is 0. The highest BCUT2D eigenvalue weighted by molar-refractivity contribution is 6.40. The minimum absolute atomic E-state index is 0.206. The molecule has 0 radical (unpaired) electrons. The first-order valence-electron chi connectivity index (χ1n) is 3.89. The van der Waals surface area contributed by atoms with E-state index in [9.17, 15) is 0 Å². The molecule has 0 bridgehead atoms. The Morgan fingerprint density at radius 2 is 1.86 bits per heavy atom. The van der Waals surface area contributed by atoms with Crippen LogP contribution in [-0.4, -0.2) is 9.97 Å². The van der Waals surface area contributed by atoms with Gasteiger partial charge in [0.15, 0.2) is 5.15 Å². The monoisotopic (exact) mass is 228 g/mol. The molecule has 0 aliphatic heterocycles. The lowest BCUT2D eigenvalue weighted by molar-refractivity contribution is 0.448. The van der Waals surface area contributed by atoms with Gasteiger partial charge in [-0.25, -0.2) is 0 Å².